The van der Waals surface area contributed by atoms with Crippen molar-refractivity contribution in [1.82, 2.24) is 14.5 Å². The topological polar surface area (TPSA) is 104 Å². The van der Waals surface area contributed by atoms with Crippen LogP contribution < -0.4 is 0 Å². The number of hydrogen-bond donors (Lipinski definition) is 4. The Labute approximate surface area is 121 Å². The van der Waals surface area contributed by atoms with E-state index in [0.29, 0.717) is 0 Å². The normalized spacial score (nSPS) is 29.4. The number of rotatable bonds is 2. The molecular formula is C11H11F2N3O4S. The van der Waals surface area contributed by atoms with Crippen LogP contribution in [0.5, 0.6) is 0 Å². The van der Waals surface area contributed by atoms with Gasteiger partial charge in [-0.05, 0) is 12.2 Å². The minimum absolute atomic E-state index is 0.0713. The minimum atomic E-state index is -1.39. The monoisotopic (exact) mass is 319 g/mol. The largest absolute Gasteiger partial charge is 0.394 e. The smallest absolute Gasteiger partial charge is 0.229 e. The van der Waals surface area contributed by atoms with Crippen LogP contribution in [0, 0.1) is 16.5 Å². The third kappa shape index (κ3) is 2.15. The average Bonchev–Trinajstić information content (AvgIpc) is 2.88. The molecule has 3 heterocycles. The van der Waals surface area contributed by atoms with Crippen LogP contribution in [-0.2, 0) is 4.74 Å². The van der Waals surface area contributed by atoms with E-state index < -0.39 is 42.9 Å². The fourth-order valence-corrected chi connectivity index (χ4v) is 2.54. The van der Waals surface area contributed by atoms with Crippen molar-refractivity contribution < 1.29 is 28.8 Å². The molecular weight excluding hydrogens is 308 g/mol. The highest BCUT2D eigenvalue weighted by atomic mass is 32.1. The van der Waals surface area contributed by atoms with Crippen molar-refractivity contribution in [2.45, 2.75) is 24.5 Å². The van der Waals surface area contributed by atoms with Crippen molar-refractivity contribution in [1.29, 1.82) is 0 Å². The zero-order valence-electron chi connectivity index (χ0n) is 10.4. The zero-order chi connectivity index (χ0) is 15.3. The summed E-state index contributed by atoms with van der Waals surface area (Å²) in [6, 6.07) is 0. The predicted octanol–water partition coefficient (Wildman–Crippen LogP) is -0.0164. The molecule has 4 N–H and O–H groups in total. The van der Waals surface area contributed by atoms with Crippen LogP contribution in [0.4, 0.5) is 8.78 Å². The van der Waals surface area contributed by atoms with E-state index in [1.807, 2.05) is 0 Å². The number of nitrogens with one attached hydrogen (secondary N) is 1. The summed E-state index contributed by atoms with van der Waals surface area (Å²) in [6.45, 7) is -0.509. The number of ether oxygens (including phenoxy) is 1. The second kappa shape index (κ2) is 5.07. The zero-order valence-corrected chi connectivity index (χ0v) is 11.2. The van der Waals surface area contributed by atoms with E-state index >= 15 is 0 Å². The lowest BCUT2D eigenvalue weighted by molar-refractivity contribution is -0.0538. The van der Waals surface area contributed by atoms with Gasteiger partial charge in [0.2, 0.25) is 10.7 Å². The Morgan fingerprint density at radius 1 is 1.38 bits per heavy atom. The third-order valence-electron chi connectivity index (χ3n) is 3.40. The number of aliphatic hydroxyl groups excluding tert-OH is 3. The van der Waals surface area contributed by atoms with E-state index in [9.17, 15) is 19.0 Å². The van der Waals surface area contributed by atoms with Gasteiger partial charge in [0.05, 0.1) is 12.0 Å². The molecule has 7 nitrogen and oxygen atoms in total. The second-order valence-corrected chi connectivity index (χ2v) is 5.04. The lowest BCUT2D eigenvalue weighted by Gasteiger charge is -2.18. The van der Waals surface area contributed by atoms with E-state index in [1.165, 1.54) is 0 Å². The molecule has 2 aromatic rings. The molecule has 0 saturated carbocycles. The maximum Gasteiger partial charge on any atom is 0.229 e. The molecule has 1 aliphatic heterocycles. The molecule has 0 bridgehead atoms. The Balaban J connectivity index is 2.10. The molecule has 0 aliphatic carbocycles. The highest BCUT2D eigenvalue weighted by molar-refractivity contribution is 7.71. The lowest BCUT2D eigenvalue weighted by atomic mass is 10.1. The molecule has 0 spiro atoms. The van der Waals surface area contributed by atoms with Crippen LogP contribution in [-0.4, -0.2) is 54.8 Å². The number of H-pyrrole nitrogens is 1. The van der Waals surface area contributed by atoms with Crippen molar-refractivity contribution in [2.75, 3.05) is 6.61 Å². The summed E-state index contributed by atoms with van der Waals surface area (Å²) in [7, 11) is 0. The number of aliphatic hydroxyl groups is 3. The van der Waals surface area contributed by atoms with Gasteiger partial charge in [-0.2, -0.15) is 4.39 Å². The molecule has 3 rings (SSSR count). The molecule has 1 aliphatic rings. The summed E-state index contributed by atoms with van der Waals surface area (Å²) in [6.07, 6.45) is -3.74. The van der Waals surface area contributed by atoms with Crippen LogP contribution in [0.25, 0.3) is 11.0 Å². The number of nitrogens with zero attached hydrogens (tertiary/aromatic N) is 2. The Morgan fingerprint density at radius 3 is 2.71 bits per heavy atom. The first kappa shape index (κ1) is 14.5. The Morgan fingerprint density at radius 2 is 2.10 bits per heavy atom. The number of aromatic nitrogens is 3. The molecule has 0 amide bonds. The molecule has 2 aromatic heterocycles. The van der Waals surface area contributed by atoms with E-state index in [2.05, 4.69) is 9.97 Å². The van der Waals surface area contributed by atoms with Crippen molar-refractivity contribution >= 4 is 23.3 Å². The van der Waals surface area contributed by atoms with Crippen molar-refractivity contribution in [3.63, 3.8) is 0 Å². The minimum Gasteiger partial charge on any atom is -0.394 e. The van der Waals surface area contributed by atoms with Gasteiger partial charge in [0.1, 0.15) is 24.0 Å². The van der Waals surface area contributed by atoms with Crippen LogP contribution in [0.1, 0.15) is 6.23 Å². The van der Waals surface area contributed by atoms with E-state index in [1.54, 1.807) is 0 Å². The maximum atomic E-state index is 13.6. The molecule has 10 heteroatoms. The number of hydrogen-bond acceptors (Lipinski definition) is 6. The van der Waals surface area contributed by atoms with E-state index in [0.717, 1.165) is 10.8 Å². The quantitative estimate of drug-likeness (QED) is 0.580. The van der Waals surface area contributed by atoms with Gasteiger partial charge in [-0.15, -0.1) is 0 Å². The first-order valence-electron chi connectivity index (χ1n) is 6.02. The fraction of sp³-hybridized carbons (Fsp3) is 0.455. The van der Waals surface area contributed by atoms with Crippen molar-refractivity contribution in [2.24, 2.45) is 0 Å². The maximum absolute atomic E-state index is 13.6. The van der Waals surface area contributed by atoms with Gasteiger partial charge in [-0.3, -0.25) is 4.57 Å². The van der Waals surface area contributed by atoms with Gasteiger partial charge in [0.15, 0.2) is 12.0 Å². The van der Waals surface area contributed by atoms with Gasteiger partial charge >= 0.3 is 0 Å². The van der Waals surface area contributed by atoms with Crippen LogP contribution in [0.3, 0.4) is 0 Å². The van der Waals surface area contributed by atoms with E-state index in [4.69, 9.17) is 22.1 Å². The van der Waals surface area contributed by atoms with Crippen molar-refractivity contribution in [3.05, 3.63) is 22.7 Å². The summed E-state index contributed by atoms with van der Waals surface area (Å²) in [5.74, 6) is -2.31. The predicted molar refractivity (Wildman–Crippen MR) is 67.8 cm³/mol. The van der Waals surface area contributed by atoms with Crippen LogP contribution in [0.15, 0.2) is 6.20 Å². The van der Waals surface area contributed by atoms with Crippen LogP contribution in [0.2, 0.25) is 0 Å². The van der Waals surface area contributed by atoms with Gasteiger partial charge in [-0.1, -0.05) is 0 Å². The summed E-state index contributed by atoms with van der Waals surface area (Å²) in [5.41, 5.74) is -0.0713. The summed E-state index contributed by atoms with van der Waals surface area (Å²) in [4.78, 5) is 5.92. The highest BCUT2D eigenvalue weighted by Gasteiger charge is 2.43. The number of aromatic amines is 1. The Hall–Kier alpha value is -1.46. The molecule has 1 fully saturated rings. The number of halogens is 2. The van der Waals surface area contributed by atoms with E-state index in [-0.39, 0.29) is 15.8 Å². The molecule has 21 heavy (non-hydrogen) atoms. The number of fused-ring (bicyclic) bond motifs is 1. The van der Waals surface area contributed by atoms with Crippen molar-refractivity contribution in [3.8, 4) is 0 Å². The highest BCUT2D eigenvalue weighted by Crippen LogP contribution is 2.30. The Kier molecular flexibility index (Phi) is 3.50. The molecule has 1 saturated heterocycles. The molecule has 4 atom stereocenters. The summed E-state index contributed by atoms with van der Waals surface area (Å²) in [5, 5.41) is 28.5. The molecule has 1 unspecified atom stereocenters. The van der Waals surface area contributed by atoms with Crippen LogP contribution >= 0.6 is 12.2 Å². The van der Waals surface area contributed by atoms with Gasteiger partial charge in [0, 0.05) is 6.20 Å². The third-order valence-corrected chi connectivity index (χ3v) is 3.70. The van der Waals surface area contributed by atoms with Gasteiger partial charge < -0.3 is 25.0 Å². The first-order valence-corrected chi connectivity index (χ1v) is 6.43. The lowest BCUT2D eigenvalue weighted by Crippen LogP contribution is -2.33. The fourth-order valence-electron chi connectivity index (χ4n) is 2.29. The molecule has 0 radical (unpaired) electrons. The SMILES string of the molecule is OC[C@H]1O[C@@H](n2cc3c(F)c(F)[nH]c3nc2=S)[C@@H](O)C1O. The summed E-state index contributed by atoms with van der Waals surface area (Å²) < 4.78 is 33.0. The molecule has 0 aromatic carbocycles. The molecule has 114 valence electrons. The first-order chi connectivity index (χ1) is 9.93. The van der Waals surface area contributed by atoms with Gasteiger partial charge in [0.25, 0.3) is 0 Å². The average molecular weight is 319 g/mol. The Bertz CT molecular complexity index is 749. The standard InChI is InChI=1S/C11H11F2N3O4S/c12-5-3-1-16(11(21)15-9(3)14-8(5)13)10-7(19)6(18)4(2-17)20-10/h1,4,6-7,10,17-19H,2H2,(H,14,15,21)/t4-,6?,7+,10-/m1/s1. The summed E-state index contributed by atoms with van der Waals surface area (Å²) >= 11 is 4.99. The second-order valence-electron chi connectivity index (χ2n) is 4.67. The van der Waals surface area contributed by atoms with Gasteiger partial charge in [-0.25, -0.2) is 9.37 Å².